The van der Waals surface area contributed by atoms with Crippen LogP contribution in [-0.4, -0.2) is 16.9 Å². The molecule has 27 heavy (non-hydrogen) atoms. The average molecular weight is 448 g/mol. The number of halogens is 4. The number of hydrogen-bond donors (Lipinski definition) is 2. The minimum atomic E-state index is -2.88. The summed E-state index contributed by atoms with van der Waals surface area (Å²) in [6.45, 7) is 0.608. The van der Waals surface area contributed by atoms with E-state index in [9.17, 15) is 8.78 Å². The SMILES string of the molecule is N[C@H]1CCCC(F)(F)[C@@H]1c1sc2c(NCc3cccs3)cc(Cl)nc2c1Cl. The topological polar surface area (TPSA) is 50.9 Å². The molecule has 3 aromatic rings. The average Bonchev–Trinajstić information content (AvgIpc) is 3.22. The van der Waals surface area contributed by atoms with E-state index in [1.165, 1.54) is 11.3 Å². The zero-order valence-electron chi connectivity index (χ0n) is 14.1. The second-order valence-corrected chi connectivity index (χ2v) is 9.53. The Kier molecular flexibility index (Phi) is 5.33. The molecule has 144 valence electrons. The van der Waals surface area contributed by atoms with Gasteiger partial charge < -0.3 is 11.1 Å². The van der Waals surface area contributed by atoms with E-state index in [1.54, 1.807) is 17.4 Å². The van der Waals surface area contributed by atoms with Crippen LogP contribution in [0.25, 0.3) is 10.2 Å². The maximum atomic E-state index is 14.6. The summed E-state index contributed by atoms with van der Waals surface area (Å²) in [6, 6.07) is 5.07. The molecule has 1 fully saturated rings. The number of alkyl halides is 2. The Morgan fingerprint density at radius 1 is 1.37 bits per heavy atom. The molecule has 4 rings (SSSR count). The Balaban J connectivity index is 1.77. The van der Waals surface area contributed by atoms with Crippen LogP contribution in [0.2, 0.25) is 10.2 Å². The van der Waals surface area contributed by atoms with Crippen molar-refractivity contribution in [2.45, 2.75) is 43.7 Å². The highest BCUT2D eigenvalue weighted by Gasteiger charge is 2.48. The van der Waals surface area contributed by atoms with E-state index in [-0.39, 0.29) is 16.6 Å². The molecule has 0 aromatic carbocycles. The summed E-state index contributed by atoms with van der Waals surface area (Å²) in [6.07, 6.45) is 0.807. The molecule has 3 N–H and O–H groups in total. The Hall–Kier alpha value is -0.990. The molecule has 3 nitrogen and oxygen atoms in total. The molecular formula is C18H17Cl2F2N3S2. The highest BCUT2D eigenvalue weighted by molar-refractivity contribution is 7.20. The number of anilines is 1. The third-order valence-corrected chi connectivity index (χ3v) is 7.68. The lowest BCUT2D eigenvalue weighted by Crippen LogP contribution is -2.43. The van der Waals surface area contributed by atoms with Gasteiger partial charge in [0.05, 0.1) is 21.3 Å². The standard InChI is InChI=1S/C18H17Cl2F2N3S2/c19-12-7-11(24-8-9-3-2-6-26-9)16-15(25-12)14(20)17(27-16)13-10(23)4-1-5-18(13,21)22/h2-3,6-7,10,13H,1,4-5,8,23H2,(H,24,25)/t10-,13-/m0/s1. The van der Waals surface area contributed by atoms with Gasteiger partial charge in [-0.1, -0.05) is 29.3 Å². The summed E-state index contributed by atoms with van der Waals surface area (Å²) >= 11 is 15.5. The van der Waals surface area contributed by atoms with Crippen molar-refractivity contribution in [2.24, 2.45) is 5.73 Å². The van der Waals surface area contributed by atoms with Crippen molar-refractivity contribution < 1.29 is 8.78 Å². The maximum absolute atomic E-state index is 14.6. The van der Waals surface area contributed by atoms with E-state index in [2.05, 4.69) is 10.3 Å². The summed E-state index contributed by atoms with van der Waals surface area (Å²) < 4.78 is 30.0. The summed E-state index contributed by atoms with van der Waals surface area (Å²) in [7, 11) is 0. The van der Waals surface area contributed by atoms with Gasteiger partial charge in [-0.25, -0.2) is 13.8 Å². The molecule has 3 aromatic heterocycles. The predicted octanol–water partition coefficient (Wildman–Crippen LogP) is 6.51. The van der Waals surface area contributed by atoms with Crippen LogP contribution < -0.4 is 11.1 Å². The molecule has 0 bridgehead atoms. The summed E-state index contributed by atoms with van der Waals surface area (Å²) in [4.78, 5) is 5.84. The highest BCUT2D eigenvalue weighted by Crippen LogP contribution is 2.51. The number of fused-ring (bicyclic) bond motifs is 1. The van der Waals surface area contributed by atoms with Crippen LogP contribution in [0, 0.1) is 0 Å². The summed E-state index contributed by atoms with van der Waals surface area (Å²) in [5.41, 5.74) is 7.27. The zero-order chi connectivity index (χ0) is 19.2. The Labute approximate surface area is 173 Å². The molecule has 3 heterocycles. The fourth-order valence-electron chi connectivity index (χ4n) is 3.55. The third-order valence-electron chi connectivity index (χ3n) is 4.82. The molecule has 0 spiro atoms. The third kappa shape index (κ3) is 3.68. The van der Waals surface area contributed by atoms with Crippen molar-refractivity contribution in [3.63, 3.8) is 0 Å². The Morgan fingerprint density at radius 2 is 2.19 bits per heavy atom. The molecule has 0 aliphatic heterocycles. The molecule has 0 unspecified atom stereocenters. The lowest BCUT2D eigenvalue weighted by Gasteiger charge is -2.35. The fourth-order valence-corrected chi connectivity index (χ4v) is 6.18. The first-order valence-corrected chi connectivity index (χ1v) is 11.0. The van der Waals surface area contributed by atoms with E-state index >= 15 is 0 Å². The lowest BCUT2D eigenvalue weighted by molar-refractivity contribution is -0.0601. The Bertz CT molecular complexity index is 959. The largest absolute Gasteiger partial charge is 0.379 e. The van der Waals surface area contributed by atoms with Crippen LogP contribution in [0.15, 0.2) is 23.6 Å². The van der Waals surface area contributed by atoms with Crippen molar-refractivity contribution in [1.29, 1.82) is 0 Å². The number of nitrogens with two attached hydrogens (primary N) is 1. The van der Waals surface area contributed by atoms with Crippen molar-refractivity contribution >= 4 is 61.8 Å². The first kappa shape index (κ1) is 19.3. The second kappa shape index (κ2) is 7.44. The van der Waals surface area contributed by atoms with Gasteiger partial charge in [0.1, 0.15) is 10.7 Å². The van der Waals surface area contributed by atoms with Gasteiger partial charge in [0, 0.05) is 34.8 Å². The molecule has 9 heteroatoms. The Morgan fingerprint density at radius 3 is 2.89 bits per heavy atom. The van der Waals surface area contributed by atoms with Crippen molar-refractivity contribution in [2.75, 3.05) is 5.32 Å². The lowest BCUT2D eigenvalue weighted by atomic mass is 9.81. The van der Waals surface area contributed by atoms with Crippen molar-refractivity contribution in [3.8, 4) is 0 Å². The van der Waals surface area contributed by atoms with Crippen LogP contribution in [0.3, 0.4) is 0 Å². The minimum Gasteiger partial charge on any atom is -0.379 e. The quantitative estimate of drug-likeness (QED) is 0.448. The van der Waals surface area contributed by atoms with Gasteiger partial charge >= 0.3 is 0 Å². The summed E-state index contributed by atoms with van der Waals surface area (Å²) in [5, 5.41) is 5.82. The van der Waals surface area contributed by atoms with Gasteiger partial charge in [0.25, 0.3) is 5.92 Å². The zero-order valence-corrected chi connectivity index (χ0v) is 17.3. The van der Waals surface area contributed by atoms with Gasteiger partial charge in [-0.3, -0.25) is 0 Å². The van der Waals surface area contributed by atoms with E-state index in [4.69, 9.17) is 28.9 Å². The molecule has 1 saturated carbocycles. The number of thiophene rings is 2. The number of pyridine rings is 1. The molecule has 2 atom stereocenters. The van der Waals surface area contributed by atoms with Crippen LogP contribution in [0.1, 0.15) is 34.9 Å². The minimum absolute atomic E-state index is 0.173. The number of nitrogens with one attached hydrogen (secondary N) is 1. The van der Waals surface area contributed by atoms with Crippen LogP contribution in [-0.2, 0) is 6.54 Å². The van der Waals surface area contributed by atoms with Crippen molar-refractivity contribution in [3.05, 3.63) is 43.5 Å². The maximum Gasteiger partial charge on any atom is 0.257 e. The van der Waals surface area contributed by atoms with E-state index in [1.807, 2.05) is 17.5 Å². The van der Waals surface area contributed by atoms with Crippen molar-refractivity contribution in [1.82, 2.24) is 4.98 Å². The predicted molar refractivity (Wildman–Crippen MR) is 111 cm³/mol. The molecular weight excluding hydrogens is 431 g/mol. The molecule has 0 amide bonds. The first-order chi connectivity index (χ1) is 12.9. The molecule has 0 radical (unpaired) electrons. The second-order valence-electron chi connectivity index (χ2n) is 6.68. The van der Waals surface area contributed by atoms with Gasteiger partial charge in [-0.15, -0.1) is 22.7 Å². The first-order valence-electron chi connectivity index (χ1n) is 8.55. The monoisotopic (exact) mass is 447 g/mol. The van der Waals surface area contributed by atoms with E-state index in [0.29, 0.717) is 29.8 Å². The molecule has 1 aliphatic rings. The normalized spacial score (nSPS) is 22.3. The number of nitrogens with zero attached hydrogens (tertiary/aromatic N) is 1. The van der Waals surface area contributed by atoms with Crippen LogP contribution >= 0.6 is 45.9 Å². The van der Waals surface area contributed by atoms with E-state index < -0.39 is 17.9 Å². The van der Waals surface area contributed by atoms with Crippen LogP contribution in [0.5, 0.6) is 0 Å². The number of aromatic nitrogens is 1. The highest BCUT2D eigenvalue weighted by atomic mass is 35.5. The molecule has 1 aliphatic carbocycles. The molecule has 0 saturated heterocycles. The van der Waals surface area contributed by atoms with Crippen LogP contribution in [0.4, 0.5) is 14.5 Å². The number of rotatable bonds is 4. The number of hydrogen-bond acceptors (Lipinski definition) is 5. The fraction of sp³-hybridized carbons (Fsp3) is 0.389. The van der Waals surface area contributed by atoms with Gasteiger partial charge in [-0.2, -0.15) is 0 Å². The van der Waals surface area contributed by atoms with Gasteiger partial charge in [-0.05, 0) is 24.3 Å². The van der Waals surface area contributed by atoms with E-state index in [0.717, 1.165) is 15.3 Å². The smallest absolute Gasteiger partial charge is 0.257 e. The van der Waals surface area contributed by atoms with Gasteiger partial charge in [0.15, 0.2) is 0 Å². The summed E-state index contributed by atoms with van der Waals surface area (Å²) in [5.74, 6) is -3.97. The van der Waals surface area contributed by atoms with Gasteiger partial charge in [0.2, 0.25) is 0 Å².